The second kappa shape index (κ2) is 16.5. The zero-order chi connectivity index (χ0) is 35.2. The van der Waals surface area contributed by atoms with Crippen molar-refractivity contribution < 1.29 is 80.5 Å². The Balaban J connectivity index is 1.55. The summed E-state index contributed by atoms with van der Waals surface area (Å²) >= 11 is 0. The molecule has 1 saturated heterocycles. The number of carbonyl (C=O) groups is 3. The van der Waals surface area contributed by atoms with Gasteiger partial charge in [-0.3, -0.25) is 18.7 Å². The van der Waals surface area contributed by atoms with E-state index in [2.05, 4.69) is 33.4 Å². The molecule has 0 saturated carbocycles. The van der Waals surface area contributed by atoms with Gasteiger partial charge in [-0.15, -0.1) is 0 Å². The third-order valence-corrected chi connectivity index (χ3v) is 11.9. The lowest BCUT2D eigenvalue weighted by molar-refractivity contribution is -0.140. The molecule has 3 heterocycles. The Bertz CT molecular complexity index is 1610. The molecule has 6 atom stereocenters. The van der Waals surface area contributed by atoms with Gasteiger partial charge in [-0.2, -0.15) is 18.6 Å². The van der Waals surface area contributed by atoms with Crippen LogP contribution in [0.3, 0.4) is 0 Å². The van der Waals surface area contributed by atoms with Crippen molar-refractivity contribution >= 4 is 80.0 Å². The fourth-order valence-electron chi connectivity index (χ4n) is 3.72. The second-order valence-corrected chi connectivity index (χ2v) is 16.4. The number of hydrogen-bond donors (Lipinski definition) is 8. The van der Waals surface area contributed by atoms with Crippen molar-refractivity contribution in [2.75, 3.05) is 23.8 Å². The third-order valence-electron chi connectivity index (χ3n) is 5.55. The number of aliphatic hydroxyl groups is 1. The summed E-state index contributed by atoms with van der Waals surface area (Å²) in [6, 6.07) is -1.05. The smallest absolute Gasteiger partial charge is 0.480 e. The van der Waals surface area contributed by atoms with E-state index in [9.17, 15) is 43.0 Å². The summed E-state index contributed by atoms with van der Waals surface area (Å²) in [5.74, 6) is -2.36. The van der Waals surface area contributed by atoms with E-state index in [-0.39, 0.29) is 41.6 Å². The zero-order valence-electron chi connectivity index (χ0n) is 23.8. The van der Waals surface area contributed by atoms with Crippen LogP contribution in [0.1, 0.15) is 32.4 Å². The lowest BCUT2D eigenvalue weighted by Crippen LogP contribution is -2.41. The number of rotatable bonds is 18. The lowest BCUT2D eigenvalue weighted by Gasteiger charge is -2.19. The predicted molar refractivity (Wildman–Crippen MR) is 159 cm³/mol. The molecule has 0 aromatic carbocycles. The zero-order valence-corrected chi connectivity index (χ0v) is 28.1. The van der Waals surface area contributed by atoms with Gasteiger partial charge in [0.15, 0.2) is 11.2 Å². The van der Waals surface area contributed by atoms with Crippen LogP contribution in [-0.2, 0) is 46.0 Å². The van der Waals surface area contributed by atoms with Crippen LogP contribution < -0.4 is 15.8 Å². The molecule has 2 aromatic rings. The van der Waals surface area contributed by atoms with Crippen molar-refractivity contribution in [1.29, 1.82) is 0 Å². The maximum atomic E-state index is 12.5. The molecule has 0 spiro atoms. The summed E-state index contributed by atoms with van der Waals surface area (Å²) in [6.07, 6.45) is -2.39. The molecule has 3 rings (SSSR count). The van der Waals surface area contributed by atoms with Crippen molar-refractivity contribution in [2.45, 2.75) is 50.7 Å². The highest BCUT2D eigenvalue weighted by molar-refractivity contribution is 8.76. The van der Waals surface area contributed by atoms with Crippen molar-refractivity contribution in [3.05, 3.63) is 6.33 Å². The number of ether oxygens (including phenoxy) is 2. The van der Waals surface area contributed by atoms with Gasteiger partial charge in [0.1, 0.15) is 18.4 Å². The quantitative estimate of drug-likeness (QED) is 0.0430. The highest BCUT2D eigenvalue weighted by atomic mass is 33.1. The molecule has 47 heavy (non-hydrogen) atoms. The lowest BCUT2D eigenvalue weighted by atomic mass is 10.2. The summed E-state index contributed by atoms with van der Waals surface area (Å²) in [5, 5.41) is 21.8. The first kappa shape index (κ1) is 39.2. The summed E-state index contributed by atoms with van der Waals surface area (Å²) < 4.78 is 58.3. The van der Waals surface area contributed by atoms with E-state index in [4.69, 9.17) is 30.1 Å². The number of carbonyl (C=O) groups excluding carboxylic acids is 2. The van der Waals surface area contributed by atoms with Gasteiger partial charge < -0.3 is 50.3 Å². The number of fused-ring (bicyclic) bond motifs is 1. The first-order chi connectivity index (χ1) is 21.7. The third kappa shape index (κ3) is 12.6. The number of nitrogens with zero attached hydrogens (tertiary/aromatic N) is 4. The molecule has 9 N–H and O–H groups in total. The molecule has 0 bridgehead atoms. The number of nitrogens with one attached hydrogen (secondary N) is 1. The average Bonchev–Trinajstić information content (AvgIpc) is 3.49. The first-order valence-corrected chi connectivity index (χ1v) is 19.8. The minimum absolute atomic E-state index is 0.00929. The van der Waals surface area contributed by atoms with E-state index in [1.165, 1.54) is 39.4 Å². The van der Waals surface area contributed by atoms with E-state index >= 15 is 0 Å². The van der Waals surface area contributed by atoms with Crippen LogP contribution in [0, 0.1) is 0 Å². The number of phosphoric ester groups is 1. The Kier molecular flexibility index (Phi) is 13.7. The number of carboxylic acid groups (broad SMARTS) is 1. The van der Waals surface area contributed by atoms with Crippen LogP contribution in [0.2, 0.25) is 0 Å². The van der Waals surface area contributed by atoms with E-state index in [0.717, 1.165) is 0 Å². The van der Waals surface area contributed by atoms with Crippen LogP contribution in [0.25, 0.3) is 11.2 Å². The highest BCUT2D eigenvalue weighted by Crippen LogP contribution is 2.66. The fourth-order valence-corrected chi connectivity index (χ4v) is 9.00. The first-order valence-electron chi connectivity index (χ1n) is 12.8. The number of amides is 1. The normalized spacial score (nSPS) is 21.5. The number of nitrogens with two attached hydrogens (primary N) is 1. The number of aliphatic carboxylic acids is 1. The SMILES string of the molecule is CC(=O)NC(CSSCCCC(=O)Oc1nc(N)nc2c1ncn2C1CC(O)C(COP(=O)(O)OP(=O)(O)OP(=O)(O)O)O1)C(=O)O. The molecule has 2 aromatic heterocycles. The minimum Gasteiger partial charge on any atom is -0.480 e. The van der Waals surface area contributed by atoms with Crippen molar-refractivity contribution in [1.82, 2.24) is 24.8 Å². The summed E-state index contributed by atoms with van der Waals surface area (Å²) in [5.41, 5.74) is 5.79. The highest BCUT2D eigenvalue weighted by Gasteiger charge is 2.43. The van der Waals surface area contributed by atoms with Crippen LogP contribution in [-0.4, -0.2) is 104 Å². The second-order valence-electron chi connectivity index (χ2n) is 9.31. The summed E-state index contributed by atoms with van der Waals surface area (Å²) in [7, 11) is -14.3. The van der Waals surface area contributed by atoms with Crippen LogP contribution in [0.5, 0.6) is 5.88 Å². The van der Waals surface area contributed by atoms with Crippen molar-refractivity contribution in [3.63, 3.8) is 0 Å². The molecule has 0 radical (unpaired) electrons. The minimum atomic E-state index is -5.74. The molecule has 6 unspecified atom stereocenters. The largest absolute Gasteiger partial charge is 0.490 e. The number of esters is 1. The summed E-state index contributed by atoms with van der Waals surface area (Å²) in [6.45, 7) is 0.307. The number of hydrogen-bond acceptors (Lipinski definition) is 18. The van der Waals surface area contributed by atoms with E-state index in [0.29, 0.717) is 12.2 Å². The van der Waals surface area contributed by atoms with Crippen molar-refractivity contribution in [3.8, 4) is 5.88 Å². The number of phosphoric acid groups is 3. The molecule has 264 valence electrons. The number of nitrogen functional groups attached to an aromatic ring is 1. The molecular formula is C19H29N6O17P3S2. The summed E-state index contributed by atoms with van der Waals surface area (Å²) in [4.78, 5) is 82.9. The van der Waals surface area contributed by atoms with Gasteiger partial charge in [0, 0.05) is 31.3 Å². The maximum Gasteiger partial charge on any atom is 0.490 e. The van der Waals surface area contributed by atoms with E-state index in [1.54, 1.807) is 0 Å². The maximum absolute atomic E-state index is 12.5. The van der Waals surface area contributed by atoms with Crippen molar-refractivity contribution in [2.24, 2.45) is 0 Å². The van der Waals surface area contributed by atoms with Gasteiger partial charge in [-0.25, -0.2) is 23.5 Å². The molecular weight excluding hydrogens is 741 g/mol. The van der Waals surface area contributed by atoms with E-state index < -0.39 is 72.4 Å². The van der Waals surface area contributed by atoms with Gasteiger partial charge in [-0.1, -0.05) is 21.6 Å². The van der Waals surface area contributed by atoms with Crippen LogP contribution in [0.15, 0.2) is 6.33 Å². The van der Waals surface area contributed by atoms with Gasteiger partial charge >= 0.3 is 35.4 Å². The number of aliphatic hydroxyl groups excluding tert-OH is 1. The van der Waals surface area contributed by atoms with Crippen LogP contribution in [0.4, 0.5) is 5.95 Å². The Morgan fingerprint density at radius 3 is 2.49 bits per heavy atom. The molecule has 1 amide bonds. The van der Waals surface area contributed by atoms with Gasteiger partial charge in [0.05, 0.1) is 19.0 Å². The Morgan fingerprint density at radius 1 is 1.15 bits per heavy atom. The topological polar surface area (TPSA) is 352 Å². The van der Waals surface area contributed by atoms with Gasteiger partial charge in [0.2, 0.25) is 11.9 Å². The molecule has 1 fully saturated rings. The van der Waals surface area contributed by atoms with Crippen LogP contribution >= 0.6 is 45.1 Å². The Morgan fingerprint density at radius 2 is 1.85 bits per heavy atom. The van der Waals surface area contributed by atoms with E-state index in [1.807, 2.05) is 0 Å². The van der Waals surface area contributed by atoms with Gasteiger partial charge in [-0.05, 0) is 6.42 Å². The van der Waals surface area contributed by atoms with Gasteiger partial charge in [0.25, 0.3) is 5.88 Å². The number of carboxylic acids is 1. The predicted octanol–water partition coefficient (Wildman–Crippen LogP) is 0.0565. The Hall–Kier alpha value is -2.21. The fraction of sp³-hybridized carbons (Fsp3) is 0.579. The molecule has 23 nitrogen and oxygen atoms in total. The number of anilines is 1. The monoisotopic (exact) mass is 770 g/mol. The number of aromatic nitrogens is 4. The number of imidazole rings is 1. The Labute approximate surface area is 271 Å². The molecule has 1 aliphatic heterocycles. The molecule has 0 aliphatic carbocycles. The average molecular weight is 771 g/mol. The molecule has 28 heteroatoms. The standard InChI is InChI=1S/C19H29N6O17P3S2/c1-9(26)22-10(18(29)30)7-47-46-4-2-3-14(28)40-17-15-16(23-19(20)24-17)25(8-21-15)13-5-11(27)12(39-13)6-38-44(34,35)42-45(36,37)41-43(31,32)33/h8,10-13,27H,2-7H2,1H3,(H,22,26)(H,29,30)(H,34,35)(H,36,37)(H2,20,23,24)(H2,31,32,33). The molecule has 1 aliphatic rings.